The minimum absolute atomic E-state index is 0.157. The van der Waals surface area contributed by atoms with Gasteiger partial charge in [-0.1, -0.05) is 6.42 Å². The van der Waals surface area contributed by atoms with Gasteiger partial charge < -0.3 is 10.6 Å². The lowest BCUT2D eigenvalue weighted by atomic mass is 10.0. The number of hydrogen-bond donors (Lipinski definition) is 2. The van der Waals surface area contributed by atoms with Crippen LogP contribution in [0.15, 0.2) is 18.2 Å². The third-order valence-electron chi connectivity index (χ3n) is 3.41. The predicted molar refractivity (Wildman–Crippen MR) is 68.6 cm³/mol. The summed E-state index contributed by atoms with van der Waals surface area (Å²) in [6.45, 7) is 2.47. The van der Waals surface area contributed by atoms with Crippen LogP contribution in [-0.4, -0.2) is 18.5 Å². The van der Waals surface area contributed by atoms with Crippen LogP contribution in [0, 0.1) is 11.6 Å². The fourth-order valence-corrected chi connectivity index (χ4v) is 2.31. The topological polar surface area (TPSA) is 41.1 Å². The van der Waals surface area contributed by atoms with Crippen molar-refractivity contribution in [3.8, 4) is 0 Å². The van der Waals surface area contributed by atoms with Gasteiger partial charge in [-0.3, -0.25) is 4.79 Å². The lowest BCUT2D eigenvalue weighted by molar-refractivity contribution is -0.124. The first-order valence-corrected chi connectivity index (χ1v) is 6.56. The minimum Gasteiger partial charge on any atom is -0.348 e. The number of rotatable bonds is 3. The van der Waals surface area contributed by atoms with Gasteiger partial charge >= 0.3 is 0 Å². The van der Waals surface area contributed by atoms with Crippen molar-refractivity contribution in [2.75, 3.05) is 6.54 Å². The van der Waals surface area contributed by atoms with E-state index in [-0.39, 0.29) is 17.5 Å². The van der Waals surface area contributed by atoms with Crippen molar-refractivity contribution in [1.82, 2.24) is 10.6 Å². The number of benzene rings is 1. The molecule has 1 aliphatic heterocycles. The lowest BCUT2D eigenvalue weighted by Gasteiger charge is -2.24. The Morgan fingerprint density at radius 2 is 2.21 bits per heavy atom. The zero-order chi connectivity index (χ0) is 13.8. The SMILES string of the molecule is CC(NC(=O)[C@@H]1CCCCN1)c1cc(F)ccc1F. The van der Waals surface area contributed by atoms with Crippen LogP contribution >= 0.6 is 0 Å². The quantitative estimate of drug-likeness (QED) is 0.883. The van der Waals surface area contributed by atoms with E-state index in [1.165, 1.54) is 0 Å². The summed E-state index contributed by atoms with van der Waals surface area (Å²) >= 11 is 0. The maximum atomic E-state index is 13.6. The molecule has 0 radical (unpaired) electrons. The Bertz CT molecular complexity index is 459. The molecule has 0 saturated carbocycles. The molecular formula is C14H18F2N2O. The highest BCUT2D eigenvalue weighted by Crippen LogP contribution is 2.18. The van der Waals surface area contributed by atoms with E-state index in [2.05, 4.69) is 10.6 Å². The number of amides is 1. The van der Waals surface area contributed by atoms with Crippen LogP contribution in [0.1, 0.15) is 37.8 Å². The number of nitrogens with one attached hydrogen (secondary N) is 2. The van der Waals surface area contributed by atoms with Crippen molar-refractivity contribution in [3.05, 3.63) is 35.4 Å². The molecule has 0 aromatic heterocycles. The average molecular weight is 268 g/mol. The van der Waals surface area contributed by atoms with E-state index >= 15 is 0 Å². The van der Waals surface area contributed by atoms with E-state index in [9.17, 15) is 13.6 Å². The molecule has 1 saturated heterocycles. The normalized spacial score (nSPS) is 20.9. The summed E-state index contributed by atoms with van der Waals surface area (Å²) in [6.07, 6.45) is 2.86. The molecule has 1 aromatic carbocycles. The molecule has 3 nitrogen and oxygen atoms in total. The van der Waals surface area contributed by atoms with E-state index < -0.39 is 17.7 Å². The first kappa shape index (κ1) is 13.9. The van der Waals surface area contributed by atoms with Gasteiger partial charge in [0.05, 0.1) is 12.1 Å². The van der Waals surface area contributed by atoms with E-state index in [0.29, 0.717) is 0 Å². The summed E-state index contributed by atoms with van der Waals surface area (Å²) in [7, 11) is 0. The van der Waals surface area contributed by atoms with Crippen molar-refractivity contribution in [1.29, 1.82) is 0 Å². The molecule has 1 amide bonds. The number of halogens is 2. The van der Waals surface area contributed by atoms with Crippen molar-refractivity contribution >= 4 is 5.91 Å². The third-order valence-corrected chi connectivity index (χ3v) is 3.41. The van der Waals surface area contributed by atoms with Gasteiger partial charge in [-0.05, 0) is 44.5 Å². The first-order valence-electron chi connectivity index (χ1n) is 6.56. The molecule has 1 aliphatic rings. The number of carbonyl (C=O) groups is 1. The van der Waals surface area contributed by atoms with Crippen LogP contribution in [0.2, 0.25) is 0 Å². The number of piperidine rings is 1. The minimum atomic E-state index is -0.549. The summed E-state index contributed by atoms with van der Waals surface area (Å²) in [5.41, 5.74) is 0.171. The zero-order valence-corrected chi connectivity index (χ0v) is 10.9. The fraction of sp³-hybridized carbons (Fsp3) is 0.500. The van der Waals surface area contributed by atoms with Gasteiger partial charge in [-0.15, -0.1) is 0 Å². The lowest BCUT2D eigenvalue weighted by Crippen LogP contribution is -2.47. The van der Waals surface area contributed by atoms with E-state index in [1.807, 2.05) is 0 Å². The summed E-state index contributed by atoms with van der Waals surface area (Å²) in [5.74, 6) is -1.17. The molecule has 5 heteroatoms. The number of hydrogen-bond acceptors (Lipinski definition) is 2. The molecule has 0 aliphatic carbocycles. The Balaban J connectivity index is 2.01. The van der Waals surface area contributed by atoms with Crippen molar-refractivity contribution < 1.29 is 13.6 Å². The molecule has 2 N–H and O–H groups in total. The van der Waals surface area contributed by atoms with Gasteiger partial charge in [0.25, 0.3) is 0 Å². The van der Waals surface area contributed by atoms with Crippen molar-refractivity contribution in [3.63, 3.8) is 0 Å². The predicted octanol–water partition coefficient (Wildman–Crippen LogP) is 2.28. The monoisotopic (exact) mass is 268 g/mol. The molecule has 2 rings (SSSR count). The second-order valence-electron chi connectivity index (χ2n) is 4.90. The van der Waals surface area contributed by atoms with Crippen molar-refractivity contribution in [2.45, 2.75) is 38.3 Å². The van der Waals surface area contributed by atoms with Crippen LogP contribution < -0.4 is 10.6 Å². The fourth-order valence-electron chi connectivity index (χ4n) is 2.31. The highest BCUT2D eigenvalue weighted by Gasteiger charge is 2.23. The molecule has 1 heterocycles. The van der Waals surface area contributed by atoms with Gasteiger partial charge in [0.15, 0.2) is 0 Å². The maximum absolute atomic E-state index is 13.6. The molecule has 0 spiro atoms. The highest BCUT2D eigenvalue weighted by atomic mass is 19.1. The smallest absolute Gasteiger partial charge is 0.237 e. The Hall–Kier alpha value is -1.49. The maximum Gasteiger partial charge on any atom is 0.237 e. The van der Waals surface area contributed by atoms with Crippen LogP contribution in [0.25, 0.3) is 0 Å². The molecule has 0 bridgehead atoms. The Morgan fingerprint density at radius 3 is 2.89 bits per heavy atom. The van der Waals surface area contributed by atoms with Crippen molar-refractivity contribution in [2.24, 2.45) is 0 Å². The molecule has 1 unspecified atom stereocenters. The summed E-state index contributed by atoms with van der Waals surface area (Å²) < 4.78 is 26.7. The van der Waals surface area contributed by atoms with E-state index in [4.69, 9.17) is 0 Å². The van der Waals surface area contributed by atoms with Gasteiger partial charge in [0, 0.05) is 5.56 Å². The third kappa shape index (κ3) is 3.50. The van der Waals surface area contributed by atoms with Crippen LogP contribution in [0.4, 0.5) is 8.78 Å². The largest absolute Gasteiger partial charge is 0.348 e. The van der Waals surface area contributed by atoms with Gasteiger partial charge in [-0.25, -0.2) is 8.78 Å². The Morgan fingerprint density at radius 1 is 1.42 bits per heavy atom. The molecule has 19 heavy (non-hydrogen) atoms. The average Bonchev–Trinajstić information content (AvgIpc) is 2.42. The van der Waals surface area contributed by atoms with Crippen LogP contribution in [-0.2, 0) is 4.79 Å². The van der Waals surface area contributed by atoms with E-state index in [0.717, 1.165) is 44.0 Å². The summed E-state index contributed by atoms with van der Waals surface area (Å²) in [4.78, 5) is 12.0. The Labute approximate surface area is 111 Å². The van der Waals surface area contributed by atoms with E-state index in [1.54, 1.807) is 6.92 Å². The second kappa shape index (κ2) is 6.10. The van der Waals surface area contributed by atoms with Crippen LogP contribution in [0.5, 0.6) is 0 Å². The molecule has 104 valence electrons. The molecular weight excluding hydrogens is 250 g/mol. The second-order valence-corrected chi connectivity index (χ2v) is 4.90. The molecule has 2 atom stereocenters. The van der Waals surface area contributed by atoms with Crippen LogP contribution in [0.3, 0.4) is 0 Å². The van der Waals surface area contributed by atoms with Gasteiger partial charge in [-0.2, -0.15) is 0 Å². The number of carbonyl (C=O) groups excluding carboxylic acids is 1. The molecule has 1 aromatic rings. The zero-order valence-electron chi connectivity index (χ0n) is 10.9. The standard InChI is InChI=1S/C14H18F2N2O/c1-9(11-8-10(15)5-6-12(11)16)18-14(19)13-4-2-3-7-17-13/h5-6,8-9,13,17H,2-4,7H2,1H3,(H,18,19)/t9?,13-/m0/s1. The van der Waals surface area contributed by atoms with Gasteiger partial charge in [0.2, 0.25) is 5.91 Å². The first-order chi connectivity index (χ1) is 9.08. The van der Waals surface area contributed by atoms with Gasteiger partial charge in [0.1, 0.15) is 11.6 Å². The molecule has 1 fully saturated rings. The Kier molecular flexibility index (Phi) is 4.47. The highest BCUT2D eigenvalue weighted by molar-refractivity contribution is 5.82. The summed E-state index contributed by atoms with van der Waals surface area (Å²) in [5, 5.41) is 5.85. The summed E-state index contributed by atoms with van der Waals surface area (Å²) in [6, 6.07) is 2.48.